The van der Waals surface area contributed by atoms with E-state index in [1.54, 1.807) is 17.0 Å². The van der Waals surface area contributed by atoms with Crippen molar-refractivity contribution in [1.29, 1.82) is 0 Å². The predicted molar refractivity (Wildman–Crippen MR) is 73.8 cm³/mol. The second-order valence-electron chi connectivity index (χ2n) is 4.19. The van der Waals surface area contributed by atoms with E-state index in [0.717, 1.165) is 6.42 Å². The van der Waals surface area contributed by atoms with Crippen LogP contribution in [0.1, 0.15) is 37.2 Å². The summed E-state index contributed by atoms with van der Waals surface area (Å²) in [5.74, 6) is -0.289. The Kier molecular flexibility index (Phi) is 6.08. The molecule has 1 unspecified atom stereocenters. The summed E-state index contributed by atoms with van der Waals surface area (Å²) >= 11 is 3.17. The standard InChI is InChI=1S/C13H18BrNO4/c1-4-9(2)15(8-7-12(16)18-3)13(17)10-5-6-11(14)19-10/h5-6,9H,4,7-8H2,1-3H3. The lowest BCUT2D eigenvalue weighted by Gasteiger charge is -2.27. The average molecular weight is 332 g/mol. The van der Waals surface area contributed by atoms with Gasteiger partial charge in [-0.1, -0.05) is 6.92 Å². The third-order valence-electron chi connectivity index (χ3n) is 2.95. The van der Waals surface area contributed by atoms with Crippen LogP contribution in [0.4, 0.5) is 0 Å². The van der Waals surface area contributed by atoms with Gasteiger partial charge in [-0.05, 0) is 41.4 Å². The first kappa shape index (κ1) is 15.8. The maximum Gasteiger partial charge on any atom is 0.307 e. The quantitative estimate of drug-likeness (QED) is 0.752. The first-order valence-corrected chi connectivity index (χ1v) is 6.92. The predicted octanol–water partition coefficient (Wildman–Crippen LogP) is 2.85. The zero-order valence-corrected chi connectivity index (χ0v) is 12.9. The summed E-state index contributed by atoms with van der Waals surface area (Å²) in [5, 5.41) is 0. The highest BCUT2D eigenvalue weighted by Gasteiger charge is 2.23. The number of carbonyl (C=O) groups excluding carboxylic acids is 2. The van der Waals surface area contributed by atoms with Gasteiger partial charge in [0.15, 0.2) is 10.4 Å². The third kappa shape index (κ3) is 4.38. The lowest BCUT2D eigenvalue weighted by Crippen LogP contribution is -2.39. The van der Waals surface area contributed by atoms with Crippen LogP contribution in [0.5, 0.6) is 0 Å². The number of furan rings is 1. The van der Waals surface area contributed by atoms with E-state index >= 15 is 0 Å². The maximum absolute atomic E-state index is 12.3. The number of methoxy groups -OCH3 is 1. The lowest BCUT2D eigenvalue weighted by atomic mass is 10.2. The number of carbonyl (C=O) groups is 2. The van der Waals surface area contributed by atoms with Crippen LogP contribution < -0.4 is 0 Å². The molecule has 0 aromatic carbocycles. The van der Waals surface area contributed by atoms with Crippen molar-refractivity contribution in [2.75, 3.05) is 13.7 Å². The molecule has 0 spiro atoms. The van der Waals surface area contributed by atoms with E-state index in [0.29, 0.717) is 11.2 Å². The van der Waals surface area contributed by atoms with Gasteiger partial charge in [-0.3, -0.25) is 9.59 Å². The van der Waals surface area contributed by atoms with Crippen LogP contribution in [0.3, 0.4) is 0 Å². The second-order valence-corrected chi connectivity index (χ2v) is 4.97. The minimum absolute atomic E-state index is 0.0287. The molecule has 1 aromatic heterocycles. The summed E-state index contributed by atoms with van der Waals surface area (Å²) in [6.07, 6.45) is 0.975. The van der Waals surface area contributed by atoms with E-state index in [9.17, 15) is 9.59 Å². The summed E-state index contributed by atoms with van der Waals surface area (Å²) in [6.45, 7) is 4.24. The van der Waals surface area contributed by atoms with Gasteiger partial charge in [0.1, 0.15) is 0 Å². The summed E-state index contributed by atoms with van der Waals surface area (Å²) in [7, 11) is 1.33. The topological polar surface area (TPSA) is 59.8 Å². The number of amides is 1. The number of nitrogens with zero attached hydrogens (tertiary/aromatic N) is 1. The highest BCUT2D eigenvalue weighted by molar-refractivity contribution is 9.10. The van der Waals surface area contributed by atoms with Crippen molar-refractivity contribution in [1.82, 2.24) is 4.90 Å². The Labute approximate surface area is 121 Å². The zero-order chi connectivity index (χ0) is 14.4. The Balaban J connectivity index is 2.78. The molecule has 0 aliphatic heterocycles. The smallest absolute Gasteiger partial charge is 0.307 e. The Morgan fingerprint density at radius 2 is 2.16 bits per heavy atom. The summed E-state index contributed by atoms with van der Waals surface area (Å²) < 4.78 is 10.4. The van der Waals surface area contributed by atoms with Gasteiger partial charge in [-0.2, -0.15) is 0 Å². The molecule has 1 amide bonds. The van der Waals surface area contributed by atoms with E-state index in [2.05, 4.69) is 20.7 Å². The fraction of sp³-hybridized carbons (Fsp3) is 0.538. The molecule has 1 aromatic rings. The van der Waals surface area contributed by atoms with Crippen molar-refractivity contribution in [3.63, 3.8) is 0 Å². The first-order valence-electron chi connectivity index (χ1n) is 6.12. The monoisotopic (exact) mass is 331 g/mol. The molecule has 1 heterocycles. The van der Waals surface area contributed by atoms with Crippen LogP contribution in [-0.4, -0.2) is 36.5 Å². The van der Waals surface area contributed by atoms with E-state index in [-0.39, 0.29) is 30.1 Å². The van der Waals surface area contributed by atoms with Gasteiger partial charge >= 0.3 is 5.97 Å². The SMILES string of the molecule is CCC(C)N(CCC(=O)OC)C(=O)c1ccc(Br)o1. The molecule has 1 atom stereocenters. The van der Waals surface area contributed by atoms with Crippen LogP contribution in [0.2, 0.25) is 0 Å². The Morgan fingerprint density at radius 1 is 1.47 bits per heavy atom. The van der Waals surface area contributed by atoms with Gasteiger partial charge in [-0.15, -0.1) is 0 Å². The summed E-state index contributed by atoms with van der Waals surface area (Å²) in [6, 6.07) is 3.31. The fourth-order valence-electron chi connectivity index (χ4n) is 1.63. The molecular formula is C13H18BrNO4. The second kappa shape index (κ2) is 7.33. The zero-order valence-electron chi connectivity index (χ0n) is 11.3. The minimum Gasteiger partial charge on any atom is -0.469 e. The van der Waals surface area contributed by atoms with Gasteiger partial charge in [-0.25, -0.2) is 0 Å². The van der Waals surface area contributed by atoms with E-state index in [1.165, 1.54) is 7.11 Å². The van der Waals surface area contributed by atoms with Crippen molar-refractivity contribution < 1.29 is 18.7 Å². The fourth-order valence-corrected chi connectivity index (χ4v) is 1.93. The van der Waals surface area contributed by atoms with Gasteiger partial charge in [0.25, 0.3) is 5.91 Å². The lowest BCUT2D eigenvalue weighted by molar-refractivity contribution is -0.140. The largest absolute Gasteiger partial charge is 0.469 e. The highest BCUT2D eigenvalue weighted by Crippen LogP contribution is 2.18. The summed E-state index contributed by atoms with van der Waals surface area (Å²) in [5.41, 5.74) is 0. The van der Waals surface area contributed by atoms with Gasteiger partial charge < -0.3 is 14.1 Å². The van der Waals surface area contributed by atoms with Crippen molar-refractivity contribution in [3.8, 4) is 0 Å². The molecule has 0 aliphatic rings. The van der Waals surface area contributed by atoms with Crippen LogP contribution in [0.25, 0.3) is 0 Å². The number of ether oxygens (including phenoxy) is 1. The van der Waals surface area contributed by atoms with Crippen LogP contribution in [0, 0.1) is 0 Å². The molecule has 0 aliphatic carbocycles. The molecule has 6 heteroatoms. The maximum atomic E-state index is 12.3. The molecule has 0 bridgehead atoms. The number of rotatable bonds is 6. The Hall–Kier alpha value is -1.30. The third-order valence-corrected chi connectivity index (χ3v) is 3.38. The Morgan fingerprint density at radius 3 is 2.63 bits per heavy atom. The Bertz CT molecular complexity index is 444. The molecule has 0 radical (unpaired) electrons. The van der Waals surface area contributed by atoms with Crippen LogP contribution in [-0.2, 0) is 9.53 Å². The number of halogens is 1. The summed E-state index contributed by atoms with van der Waals surface area (Å²) in [4.78, 5) is 25.1. The van der Waals surface area contributed by atoms with Gasteiger partial charge in [0, 0.05) is 12.6 Å². The first-order chi connectivity index (χ1) is 8.99. The number of hydrogen-bond acceptors (Lipinski definition) is 4. The van der Waals surface area contributed by atoms with Crippen molar-refractivity contribution in [3.05, 3.63) is 22.6 Å². The van der Waals surface area contributed by atoms with Gasteiger partial charge in [0.2, 0.25) is 0 Å². The van der Waals surface area contributed by atoms with Crippen molar-refractivity contribution in [2.45, 2.75) is 32.7 Å². The highest BCUT2D eigenvalue weighted by atomic mass is 79.9. The molecule has 0 saturated carbocycles. The van der Waals surface area contributed by atoms with Crippen molar-refractivity contribution >= 4 is 27.8 Å². The molecule has 0 saturated heterocycles. The molecular weight excluding hydrogens is 314 g/mol. The molecule has 19 heavy (non-hydrogen) atoms. The molecule has 1 rings (SSSR count). The number of esters is 1. The molecule has 5 nitrogen and oxygen atoms in total. The van der Waals surface area contributed by atoms with Crippen LogP contribution >= 0.6 is 15.9 Å². The number of hydrogen-bond donors (Lipinski definition) is 0. The molecule has 0 fully saturated rings. The minimum atomic E-state index is -0.332. The normalized spacial score (nSPS) is 12.0. The van der Waals surface area contributed by atoms with Crippen molar-refractivity contribution in [2.24, 2.45) is 0 Å². The molecule has 106 valence electrons. The van der Waals surface area contributed by atoms with Gasteiger partial charge in [0.05, 0.1) is 13.5 Å². The average Bonchev–Trinajstić information content (AvgIpc) is 2.84. The molecule has 0 N–H and O–H groups in total. The van der Waals surface area contributed by atoms with E-state index in [4.69, 9.17) is 4.42 Å². The van der Waals surface area contributed by atoms with Crippen LogP contribution in [0.15, 0.2) is 21.2 Å². The van der Waals surface area contributed by atoms with E-state index < -0.39 is 0 Å². The van der Waals surface area contributed by atoms with E-state index in [1.807, 2.05) is 13.8 Å².